The van der Waals surface area contributed by atoms with E-state index in [1.54, 1.807) is 12.4 Å². The van der Waals surface area contributed by atoms with Gasteiger partial charge in [0.1, 0.15) is 0 Å². The fourth-order valence-corrected chi connectivity index (χ4v) is 2.57. The Kier molecular flexibility index (Phi) is 3.57. The average Bonchev–Trinajstić information content (AvgIpc) is 2.24. The van der Waals surface area contributed by atoms with Crippen molar-refractivity contribution in [1.29, 1.82) is 0 Å². The van der Waals surface area contributed by atoms with E-state index in [0.717, 1.165) is 0 Å². The number of anilines is 1. The Morgan fingerprint density at radius 3 is 2.33 bits per heavy atom. The molecule has 3 nitrogen and oxygen atoms in total. The highest BCUT2D eigenvalue weighted by atomic mass is 79.9. The predicted octanol–water partition coefficient (Wildman–Crippen LogP) is 2.86. The Hall–Kier alpha value is -1.55. The van der Waals surface area contributed by atoms with Gasteiger partial charge >= 0.3 is 0 Å². The summed E-state index contributed by atoms with van der Waals surface area (Å²) in [5.41, 5.74) is 9.43. The fourth-order valence-electron chi connectivity index (χ4n) is 2.08. The van der Waals surface area contributed by atoms with Crippen molar-refractivity contribution in [1.82, 2.24) is 4.57 Å². The van der Waals surface area contributed by atoms with Gasteiger partial charge in [0.2, 0.25) is 5.43 Å². The zero-order chi connectivity index (χ0) is 13.3. The Morgan fingerprint density at radius 2 is 1.78 bits per heavy atom. The molecule has 1 aromatic carbocycles. The maximum atomic E-state index is 11.5. The molecule has 0 saturated carbocycles. The van der Waals surface area contributed by atoms with Crippen LogP contribution in [0.15, 0.2) is 39.9 Å². The van der Waals surface area contributed by atoms with Crippen molar-refractivity contribution in [3.8, 4) is 0 Å². The minimum Gasteiger partial charge on any atom is -0.394 e. The van der Waals surface area contributed by atoms with Gasteiger partial charge in [-0.1, -0.05) is 29.3 Å². The molecule has 2 aromatic rings. The van der Waals surface area contributed by atoms with E-state index in [1.165, 1.54) is 16.7 Å². The van der Waals surface area contributed by atoms with Crippen molar-refractivity contribution in [3.05, 3.63) is 62.0 Å². The molecule has 0 fully saturated rings. The molecule has 0 aliphatic rings. The number of nitrogen functional groups attached to an aromatic ring is 1. The van der Waals surface area contributed by atoms with Gasteiger partial charge in [-0.3, -0.25) is 4.79 Å². The number of pyridine rings is 1. The topological polar surface area (TPSA) is 48.0 Å². The van der Waals surface area contributed by atoms with Gasteiger partial charge in [-0.05, 0) is 35.3 Å². The summed E-state index contributed by atoms with van der Waals surface area (Å²) < 4.78 is 2.40. The lowest BCUT2D eigenvalue weighted by Crippen LogP contribution is -2.13. The van der Waals surface area contributed by atoms with Crippen LogP contribution >= 0.6 is 15.9 Å². The van der Waals surface area contributed by atoms with Gasteiger partial charge in [-0.25, -0.2) is 0 Å². The molecular weight excluding hydrogens is 292 g/mol. The second-order valence-electron chi connectivity index (χ2n) is 4.56. The van der Waals surface area contributed by atoms with E-state index in [-0.39, 0.29) is 11.1 Å². The molecule has 0 aliphatic carbocycles. The molecule has 0 atom stereocenters. The summed E-state index contributed by atoms with van der Waals surface area (Å²) in [4.78, 5) is 11.5. The molecule has 1 aromatic heterocycles. The van der Waals surface area contributed by atoms with Gasteiger partial charge in [0.15, 0.2) is 0 Å². The minimum absolute atomic E-state index is 0.160. The molecule has 0 amide bonds. The van der Waals surface area contributed by atoms with Crippen LogP contribution in [0.1, 0.15) is 16.7 Å². The summed E-state index contributed by atoms with van der Waals surface area (Å²) in [6.07, 6.45) is 3.43. The normalized spacial score (nSPS) is 10.6. The lowest BCUT2D eigenvalue weighted by molar-refractivity contribution is 0.786. The third-order valence-corrected chi connectivity index (χ3v) is 3.27. The summed E-state index contributed by atoms with van der Waals surface area (Å²) in [5.74, 6) is 0. The number of nitrogens with two attached hydrogens (primary N) is 1. The first-order chi connectivity index (χ1) is 8.45. The molecule has 94 valence electrons. The first-order valence-electron chi connectivity index (χ1n) is 5.68. The van der Waals surface area contributed by atoms with E-state index in [4.69, 9.17) is 5.73 Å². The molecule has 0 saturated heterocycles. The van der Waals surface area contributed by atoms with Crippen molar-refractivity contribution in [3.63, 3.8) is 0 Å². The SMILES string of the molecule is Cc1cc(C)cc(Cn2cc(N)c(=O)c(Br)c2)c1. The molecule has 0 bridgehead atoms. The zero-order valence-electron chi connectivity index (χ0n) is 10.4. The van der Waals surface area contributed by atoms with Gasteiger partial charge < -0.3 is 10.3 Å². The van der Waals surface area contributed by atoms with Crippen LogP contribution in [0.2, 0.25) is 0 Å². The molecule has 0 spiro atoms. The van der Waals surface area contributed by atoms with Crippen LogP contribution in [-0.4, -0.2) is 4.57 Å². The molecule has 2 N–H and O–H groups in total. The largest absolute Gasteiger partial charge is 0.394 e. The number of benzene rings is 1. The second-order valence-corrected chi connectivity index (χ2v) is 5.41. The van der Waals surface area contributed by atoms with Crippen LogP contribution in [0.5, 0.6) is 0 Å². The maximum absolute atomic E-state index is 11.5. The lowest BCUT2D eigenvalue weighted by Gasteiger charge is -2.10. The molecule has 0 radical (unpaired) electrons. The minimum atomic E-state index is -0.160. The van der Waals surface area contributed by atoms with Gasteiger partial charge in [-0.2, -0.15) is 0 Å². The van der Waals surface area contributed by atoms with Crippen molar-refractivity contribution < 1.29 is 0 Å². The Bertz CT molecular complexity index is 600. The highest BCUT2D eigenvalue weighted by Gasteiger charge is 2.03. The number of hydrogen-bond acceptors (Lipinski definition) is 2. The summed E-state index contributed by atoms with van der Waals surface area (Å²) in [6.45, 7) is 4.85. The summed E-state index contributed by atoms with van der Waals surface area (Å²) in [7, 11) is 0. The van der Waals surface area contributed by atoms with E-state index < -0.39 is 0 Å². The number of aryl methyl sites for hydroxylation is 2. The second kappa shape index (κ2) is 4.98. The van der Waals surface area contributed by atoms with Crippen LogP contribution in [0.4, 0.5) is 5.69 Å². The smallest absolute Gasteiger partial charge is 0.218 e. The van der Waals surface area contributed by atoms with Crippen LogP contribution in [0, 0.1) is 13.8 Å². The molecule has 0 unspecified atom stereocenters. The van der Waals surface area contributed by atoms with Crippen LogP contribution in [-0.2, 0) is 6.54 Å². The third kappa shape index (κ3) is 2.82. The van der Waals surface area contributed by atoms with Crippen LogP contribution < -0.4 is 11.2 Å². The molecule has 18 heavy (non-hydrogen) atoms. The summed E-state index contributed by atoms with van der Waals surface area (Å²) in [5, 5.41) is 0. The quantitative estimate of drug-likeness (QED) is 0.927. The Morgan fingerprint density at radius 1 is 1.17 bits per heavy atom. The van der Waals surface area contributed by atoms with Gasteiger partial charge in [0.25, 0.3) is 0 Å². The highest BCUT2D eigenvalue weighted by molar-refractivity contribution is 9.10. The van der Waals surface area contributed by atoms with Crippen molar-refractivity contribution in [2.45, 2.75) is 20.4 Å². The third-order valence-electron chi connectivity index (χ3n) is 2.71. The lowest BCUT2D eigenvalue weighted by atomic mass is 10.1. The summed E-state index contributed by atoms with van der Waals surface area (Å²) >= 11 is 3.23. The van der Waals surface area contributed by atoms with E-state index in [9.17, 15) is 4.79 Å². The van der Waals surface area contributed by atoms with Crippen molar-refractivity contribution in [2.24, 2.45) is 0 Å². The standard InChI is InChI=1S/C14H15BrN2O/c1-9-3-10(2)5-11(4-9)6-17-7-12(15)14(18)13(16)8-17/h3-5,7-8H,6,16H2,1-2H3. The number of nitrogens with zero attached hydrogens (tertiary/aromatic N) is 1. The number of rotatable bonds is 2. The fraction of sp³-hybridized carbons (Fsp3) is 0.214. The molecular formula is C14H15BrN2O. The van der Waals surface area contributed by atoms with E-state index in [1.807, 2.05) is 4.57 Å². The highest BCUT2D eigenvalue weighted by Crippen LogP contribution is 2.12. The van der Waals surface area contributed by atoms with Gasteiger partial charge in [-0.15, -0.1) is 0 Å². The van der Waals surface area contributed by atoms with E-state index in [2.05, 4.69) is 48.0 Å². The summed E-state index contributed by atoms with van der Waals surface area (Å²) in [6, 6.07) is 6.41. The van der Waals surface area contributed by atoms with Crippen LogP contribution in [0.25, 0.3) is 0 Å². The number of halogens is 1. The monoisotopic (exact) mass is 306 g/mol. The Labute approximate surface area is 114 Å². The van der Waals surface area contributed by atoms with E-state index in [0.29, 0.717) is 11.0 Å². The first-order valence-corrected chi connectivity index (χ1v) is 6.47. The van der Waals surface area contributed by atoms with E-state index >= 15 is 0 Å². The molecule has 2 rings (SSSR count). The zero-order valence-corrected chi connectivity index (χ0v) is 12.0. The Balaban J connectivity index is 2.37. The van der Waals surface area contributed by atoms with Gasteiger partial charge in [0.05, 0.1) is 10.2 Å². The predicted molar refractivity (Wildman–Crippen MR) is 77.8 cm³/mol. The van der Waals surface area contributed by atoms with Crippen molar-refractivity contribution >= 4 is 21.6 Å². The molecule has 0 aliphatic heterocycles. The molecule has 1 heterocycles. The maximum Gasteiger partial charge on any atom is 0.218 e. The number of aromatic nitrogens is 1. The average molecular weight is 307 g/mol. The first kappa shape index (κ1) is 12.9. The molecule has 4 heteroatoms. The van der Waals surface area contributed by atoms with Crippen LogP contribution in [0.3, 0.4) is 0 Å². The van der Waals surface area contributed by atoms with Gasteiger partial charge in [0, 0.05) is 18.9 Å². The number of hydrogen-bond donors (Lipinski definition) is 1. The van der Waals surface area contributed by atoms with Crippen molar-refractivity contribution in [2.75, 3.05) is 5.73 Å².